The van der Waals surface area contributed by atoms with Gasteiger partial charge in [-0.2, -0.15) is 0 Å². The van der Waals surface area contributed by atoms with Crippen LogP contribution in [0.15, 0.2) is 23.8 Å². The van der Waals surface area contributed by atoms with Crippen molar-refractivity contribution in [1.82, 2.24) is 0 Å². The smallest absolute Gasteiger partial charge is 0.129 e. The summed E-state index contributed by atoms with van der Waals surface area (Å²) in [5, 5.41) is 21.2. The molecular weight excluding hydrogens is 240 g/mol. The van der Waals surface area contributed by atoms with Gasteiger partial charge in [0.2, 0.25) is 0 Å². The quantitative estimate of drug-likeness (QED) is 0.361. The van der Waals surface area contributed by atoms with Crippen LogP contribution in [0, 0.1) is 0 Å². The zero-order valence-corrected chi connectivity index (χ0v) is 9.76. The number of aliphatic carboxylic acids is 2. The summed E-state index contributed by atoms with van der Waals surface area (Å²) in [6.07, 6.45) is 0.906. The molecule has 0 saturated carbocycles. The first-order chi connectivity index (χ1) is 8.49. The molecule has 0 fully saturated rings. The van der Waals surface area contributed by atoms with Gasteiger partial charge in [-0.25, -0.2) is 0 Å². The van der Waals surface area contributed by atoms with E-state index in [-0.39, 0.29) is 11.3 Å². The largest absolute Gasteiger partial charge is 0.545 e. The molecule has 1 rings (SSSR count). The van der Waals surface area contributed by atoms with Crippen LogP contribution in [0.1, 0.15) is 5.56 Å². The van der Waals surface area contributed by atoms with E-state index in [2.05, 4.69) is 0 Å². The molecule has 0 spiro atoms. The molecule has 0 radical (unpaired) electrons. The van der Waals surface area contributed by atoms with Crippen molar-refractivity contribution in [3.8, 4) is 11.5 Å². The van der Waals surface area contributed by atoms with E-state index in [0.717, 1.165) is 6.08 Å². The third-order valence-electron chi connectivity index (χ3n) is 2.18. The molecule has 0 N–H and O–H groups in total. The normalized spacial score (nSPS) is 9.44. The van der Waals surface area contributed by atoms with E-state index in [1.54, 1.807) is 0 Å². The minimum Gasteiger partial charge on any atom is -0.545 e. The Bertz CT molecular complexity index is 487. The first kappa shape index (κ1) is 13.6. The van der Waals surface area contributed by atoms with Gasteiger partial charge in [-0.05, 0) is 18.2 Å². The van der Waals surface area contributed by atoms with E-state index in [1.807, 2.05) is 0 Å². The lowest BCUT2D eigenvalue weighted by molar-refractivity contribution is -0.311. The van der Waals surface area contributed by atoms with Crippen LogP contribution in [0.3, 0.4) is 0 Å². The van der Waals surface area contributed by atoms with Crippen molar-refractivity contribution in [3.05, 3.63) is 29.3 Å². The second-order valence-corrected chi connectivity index (χ2v) is 3.24. The van der Waals surface area contributed by atoms with Crippen molar-refractivity contribution in [2.45, 2.75) is 0 Å². The Hall–Kier alpha value is -2.50. The molecule has 18 heavy (non-hydrogen) atoms. The molecule has 0 aliphatic heterocycles. The number of ether oxygens (including phenoxy) is 2. The van der Waals surface area contributed by atoms with Crippen molar-refractivity contribution in [1.29, 1.82) is 0 Å². The van der Waals surface area contributed by atoms with Gasteiger partial charge in [0, 0.05) is 17.2 Å². The molecule has 6 heteroatoms. The highest BCUT2D eigenvalue weighted by molar-refractivity contribution is 6.14. The number of carbonyl (C=O) groups excluding carboxylic acids is 2. The third kappa shape index (κ3) is 3.00. The standard InChI is InChI=1S/C12H12O6/c1-17-8-4-3-7(10(6-8)18-2)5-9(11(13)14)12(15)16/h3-6H,1-2H3,(H,13,14)(H,15,16)/p-2. The lowest BCUT2D eigenvalue weighted by Gasteiger charge is -2.12. The highest BCUT2D eigenvalue weighted by Gasteiger charge is 2.06. The fourth-order valence-electron chi connectivity index (χ4n) is 1.29. The Kier molecular flexibility index (Phi) is 4.31. The summed E-state index contributed by atoms with van der Waals surface area (Å²) in [7, 11) is 2.82. The predicted molar refractivity (Wildman–Crippen MR) is 57.5 cm³/mol. The molecule has 0 aromatic heterocycles. The summed E-state index contributed by atoms with van der Waals surface area (Å²) in [6, 6.07) is 4.49. The number of hydrogen-bond donors (Lipinski definition) is 0. The molecule has 0 heterocycles. The molecular formula is C12H10O6-2. The summed E-state index contributed by atoms with van der Waals surface area (Å²) < 4.78 is 9.95. The van der Waals surface area contributed by atoms with E-state index in [4.69, 9.17) is 9.47 Å². The molecule has 0 amide bonds. The second-order valence-electron chi connectivity index (χ2n) is 3.24. The fraction of sp³-hybridized carbons (Fsp3) is 0.167. The molecule has 0 bridgehead atoms. The maximum Gasteiger partial charge on any atom is 0.129 e. The van der Waals surface area contributed by atoms with Crippen LogP contribution in [0.4, 0.5) is 0 Å². The molecule has 0 aliphatic rings. The number of carboxylic acid groups (broad SMARTS) is 2. The minimum atomic E-state index is -1.83. The molecule has 0 unspecified atom stereocenters. The number of carbonyl (C=O) groups is 2. The molecule has 0 saturated heterocycles. The van der Waals surface area contributed by atoms with Crippen LogP contribution >= 0.6 is 0 Å². The Morgan fingerprint density at radius 1 is 1.11 bits per heavy atom. The summed E-state index contributed by atoms with van der Waals surface area (Å²) in [6.45, 7) is 0. The van der Waals surface area contributed by atoms with Crippen LogP contribution in [0.25, 0.3) is 6.08 Å². The Balaban J connectivity index is 3.28. The van der Waals surface area contributed by atoms with Gasteiger partial charge in [0.15, 0.2) is 0 Å². The van der Waals surface area contributed by atoms with E-state index >= 15 is 0 Å². The number of rotatable bonds is 5. The van der Waals surface area contributed by atoms with E-state index in [9.17, 15) is 19.8 Å². The predicted octanol–water partition coefficient (Wildman–Crippen LogP) is -1.41. The average molecular weight is 250 g/mol. The van der Waals surface area contributed by atoms with Gasteiger partial charge in [0.25, 0.3) is 0 Å². The summed E-state index contributed by atoms with van der Waals surface area (Å²) in [5.41, 5.74) is -0.694. The number of carboxylic acids is 2. The number of hydrogen-bond acceptors (Lipinski definition) is 6. The fourth-order valence-corrected chi connectivity index (χ4v) is 1.29. The maximum absolute atomic E-state index is 10.6. The van der Waals surface area contributed by atoms with Gasteiger partial charge in [-0.15, -0.1) is 0 Å². The highest BCUT2D eigenvalue weighted by Crippen LogP contribution is 2.26. The lowest BCUT2D eigenvalue weighted by atomic mass is 10.1. The molecule has 96 valence electrons. The molecule has 0 aliphatic carbocycles. The monoisotopic (exact) mass is 250 g/mol. The zero-order chi connectivity index (χ0) is 13.7. The van der Waals surface area contributed by atoms with E-state index in [0.29, 0.717) is 5.75 Å². The van der Waals surface area contributed by atoms with Gasteiger partial charge in [0.05, 0.1) is 26.2 Å². The Morgan fingerprint density at radius 2 is 1.72 bits per heavy atom. The van der Waals surface area contributed by atoms with E-state index < -0.39 is 17.5 Å². The van der Waals surface area contributed by atoms with Crippen LogP contribution in [-0.2, 0) is 9.59 Å². The maximum atomic E-state index is 10.6. The molecule has 1 aromatic rings. The van der Waals surface area contributed by atoms with Crippen molar-refractivity contribution < 1.29 is 29.3 Å². The molecule has 1 aromatic carbocycles. The summed E-state index contributed by atoms with van der Waals surface area (Å²) >= 11 is 0. The van der Waals surface area contributed by atoms with Gasteiger partial charge in [-0.1, -0.05) is 0 Å². The lowest BCUT2D eigenvalue weighted by Crippen LogP contribution is -2.36. The first-order valence-electron chi connectivity index (χ1n) is 4.86. The van der Waals surface area contributed by atoms with Crippen molar-refractivity contribution >= 4 is 18.0 Å². The zero-order valence-electron chi connectivity index (χ0n) is 9.76. The van der Waals surface area contributed by atoms with Crippen LogP contribution in [0.5, 0.6) is 11.5 Å². The summed E-state index contributed by atoms with van der Waals surface area (Å²) in [5.74, 6) is -2.89. The Morgan fingerprint density at radius 3 is 2.17 bits per heavy atom. The van der Waals surface area contributed by atoms with Crippen LogP contribution < -0.4 is 19.7 Å². The SMILES string of the molecule is COc1ccc(C=C(C(=O)[O-])C(=O)[O-])c(OC)c1. The number of methoxy groups -OCH3 is 2. The topological polar surface area (TPSA) is 98.7 Å². The summed E-state index contributed by atoms with van der Waals surface area (Å²) in [4.78, 5) is 21.2. The van der Waals surface area contributed by atoms with Crippen LogP contribution in [0.2, 0.25) is 0 Å². The third-order valence-corrected chi connectivity index (χ3v) is 2.18. The average Bonchev–Trinajstić information content (AvgIpc) is 2.34. The van der Waals surface area contributed by atoms with Crippen molar-refractivity contribution in [2.24, 2.45) is 0 Å². The molecule has 0 atom stereocenters. The first-order valence-corrected chi connectivity index (χ1v) is 4.86. The van der Waals surface area contributed by atoms with Gasteiger partial charge >= 0.3 is 0 Å². The van der Waals surface area contributed by atoms with E-state index in [1.165, 1.54) is 32.4 Å². The van der Waals surface area contributed by atoms with Gasteiger partial charge < -0.3 is 29.3 Å². The van der Waals surface area contributed by atoms with Gasteiger partial charge in [0.1, 0.15) is 11.5 Å². The van der Waals surface area contributed by atoms with Crippen molar-refractivity contribution in [2.75, 3.05) is 14.2 Å². The minimum absolute atomic E-state index is 0.265. The van der Waals surface area contributed by atoms with Gasteiger partial charge in [-0.3, -0.25) is 0 Å². The second kappa shape index (κ2) is 5.72. The number of benzene rings is 1. The van der Waals surface area contributed by atoms with Crippen LogP contribution in [-0.4, -0.2) is 26.2 Å². The molecule has 6 nitrogen and oxygen atoms in total. The Labute approximate surface area is 103 Å². The van der Waals surface area contributed by atoms with Crippen molar-refractivity contribution in [3.63, 3.8) is 0 Å². The highest BCUT2D eigenvalue weighted by atomic mass is 16.5.